The quantitative estimate of drug-likeness (QED) is 0.868. The van der Waals surface area contributed by atoms with Crippen molar-refractivity contribution in [3.8, 4) is 0 Å². The fourth-order valence-corrected chi connectivity index (χ4v) is 2.65. The minimum absolute atomic E-state index is 0.221. The summed E-state index contributed by atoms with van der Waals surface area (Å²) in [6.45, 7) is 2.23. The zero-order chi connectivity index (χ0) is 15.4. The van der Waals surface area contributed by atoms with Gasteiger partial charge >= 0.3 is 5.97 Å². The Labute approximate surface area is 122 Å². The number of hydrogen-bond donors (Lipinski definition) is 1. The van der Waals surface area contributed by atoms with E-state index < -0.39 is 17.8 Å². The summed E-state index contributed by atoms with van der Waals surface area (Å²) in [7, 11) is 0. The first-order valence-corrected chi connectivity index (χ1v) is 6.99. The summed E-state index contributed by atoms with van der Waals surface area (Å²) in [4.78, 5) is 25.5. The maximum absolute atomic E-state index is 13.0. The van der Waals surface area contributed by atoms with Crippen molar-refractivity contribution in [1.29, 1.82) is 0 Å². The zero-order valence-electron chi connectivity index (χ0n) is 11.8. The summed E-state index contributed by atoms with van der Waals surface area (Å²) in [5.41, 5.74) is 0.586. The van der Waals surface area contributed by atoms with Crippen molar-refractivity contribution in [2.45, 2.75) is 19.8 Å². The molecule has 1 aromatic carbocycles. The van der Waals surface area contributed by atoms with E-state index in [1.165, 1.54) is 29.2 Å². The molecule has 0 aromatic heterocycles. The molecule has 4 nitrogen and oxygen atoms in total. The SMILES string of the molecule is CCN(C(=O)[C@@H]1CC=CC[C@@H]1C(=O)O)c1ccc(F)cc1. The van der Waals surface area contributed by atoms with E-state index in [-0.39, 0.29) is 11.7 Å². The maximum Gasteiger partial charge on any atom is 0.307 e. The van der Waals surface area contributed by atoms with Gasteiger partial charge in [0, 0.05) is 12.2 Å². The van der Waals surface area contributed by atoms with E-state index in [4.69, 9.17) is 0 Å². The van der Waals surface area contributed by atoms with E-state index in [1.54, 1.807) is 6.08 Å². The Kier molecular flexibility index (Phi) is 4.73. The molecule has 0 heterocycles. The smallest absolute Gasteiger partial charge is 0.307 e. The second kappa shape index (κ2) is 6.52. The minimum Gasteiger partial charge on any atom is -0.481 e. The van der Waals surface area contributed by atoms with E-state index in [1.807, 2.05) is 13.0 Å². The van der Waals surface area contributed by atoms with Crippen LogP contribution in [0.15, 0.2) is 36.4 Å². The van der Waals surface area contributed by atoms with E-state index in [0.717, 1.165) is 0 Å². The number of carboxylic acids is 1. The fourth-order valence-electron chi connectivity index (χ4n) is 2.65. The number of hydrogen-bond acceptors (Lipinski definition) is 2. The first-order chi connectivity index (χ1) is 10.0. The summed E-state index contributed by atoms with van der Waals surface area (Å²) in [6.07, 6.45) is 4.44. The number of carboxylic acid groups (broad SMARTS) is 1. The Morgan fingerprint density at radius 2 is 1.76 bits per heavy atom. The summed E-state index contributed by atoms with van der Waals surface area (Å²) in [6, 6.07) is 5.65. The number of rotatable bonds is 4. The number of amides is 1. The highest BCUT2D eigenvalue weighted by atomic mass is 19.1. The predicted molar refractivity (Wildman–Crippen MR) is 77.4 cm³/mol. The molecule has 0 spiro atoms. The highest BCUT2D eigenvalue weighted by molar-refractivity contribution is 5.97. The number of aliphatic carboxylic acids is 1. The summed E-state index contributed by atoms with van der Waals surface area (Å²) >= 11 is 0. The van der Waals surface area contributed by atoms with Gasteiger partial charge in [0.05, 0.1) is 11.8 Å². The molecule has 2 atom stereocenters. The molecule has 112 valence electrons. The van der Waals surface area contributed by atoms with Crippen LogP contribution >= 0.6 is 0 Å². The van der Waals surface area contributed by atoms with Crippen molar-refractivity contribution in [2.24, 2.45) is 11.8 Å². The molecule has 0 saturated heterocycles. The van der Waals surface area contributed by atoms with E-state index in [9.17, 15) is 19.1 Å². The van der Waals surface area contributed by atoms with Gasteiger partial charge in [-0.15, -0.1) is 0 Å². The molecule has 21 heavy (non-hydrogen) atoms. The number of carbonyl (C=O) groups excluding carboxylic acids is 1. The first kappa shape index (κ1) is 15.2. The number of anilines is 1. The number of halogens is 1. The first-order valence-electron chi connectivity index (χ1n) is 6.99. The highest BCUT2D eigenvalue weighted by Gasteiger charge is 2.36. The van der Waals surface area contributed by atoms with Crippen LogP contribution in [0.4, 0.5) is 10.1 Å². The third-order valence-corrected chi connectivity index (χ3v) is 3.79. The van der Waals surface area contributed by atoms with Crippen molar-refractivity contribution in [3.63, 3.8) is 0 Å². The van der Waals surface area contributed by atoms with Gasteiger partial charge < -0.3 is 10.0 Å². The molecule has 2 rings (SSSR count). The molecule has 0 saturated carbocycles. The van der Waals surface area contributed by atoms with Gasteiger partial charge in [0.1, 0.15) is 5.82 Å². The van der Waals surface area contributed by atoms with Crippen LogP contribution in [0.25, 0.3) is 0 Å². The fraction of sp³-hybridized carbons (Fsp3) is 0.375. The van der Waals surface area contributed by atoms with Crippen molar-refractivity contribution < 1.29 is 19.1 Å². The molecular weight excluding hydrogens is 273 g/mol. The average Bonchev–Trinajstić information content (AvgIpc) is 2.49. The zero-order valence-corrected chi connectivity index (χ0v) is 11.8. The van der Waals surface area contributed by atoms with Crippen LogP contribution < -0.4 is 4.90 Å². The Bertz CT molecular complexity index is 553. The molecule has 1 amide bonds. The van der Waals surface area contributed by atoms with Gasteiger partial charge in [-0.1, -0.05) is 12.2 Å². The number of nitrogens with zero attached hydrogens (tertiary/aromatic N) is 1. The molecule has 0 fully saturated rings. The largest absolute Gasteiger partial charge is 0.481 e. The normalized spacial score (nSPS) is 21.0. The van der Waals surface area contributed by atoms with Gasteiger partial charge in [-0.05, 0) is 44.0 Å². The van der Waals surface area contributed by atoms with Crippen LogP contribution in [-0.2, 0) is 9.59 Å². The van der Waals surface area contributed by atoms with E-state index >= 15 is 0 Å². The molecule has 5 heteroatoms. The second-order valence-electron chi connectivity index (χ2n) is 5.05. The predicted octanol–water partition coefficient (Wildman–Crippen LogP) is 2.85. The van der Waals surface area contributed by atoms with E-state index in [2.05, 4.69) is 0 Å². The van der Waals surface area contributed by atoms with Crippen molar-refractivity contribution in [3.05, 3.63) is 42.2 Å². The molecule has 1 N–H and O–H groups in total. The third kappa shape index (κ3) is 3.29. The lowest BCUT2D eigenvalue weighted by Gasteiger charge is -2.30. The molecule has 1 aliphatic rings. The van der Waals surface area contributed by atoms with Gasteiger partial charge in [-0.3, -0.25) is 9.59 Å². The molecule has 1 aromatic rings. The highest BCUT2D eigenvalue weighted by Crippen LogP contribution is 2.29. The molecule has 0 aliphatic heterocycles. The Balaban J connectivity index is 2.25. The van der Waals surface area contributed by atoms with Crippen molar-refractivity contribution >= 4 is 17.6 Å². The average molecular weight is 291 g/mol. The maximum atomic E-state index is 13.0. The monoisotopic (exact) mass is 291 g/mol. The van der Waals surface area contributed by atoms with Gasteiger partial charge in [0.2, 0.25) is 5.91 Å². The molecular formula is C16H18FNO3. The van der Waals surface area contributed by atoms with Crippen molar-refractivity contribution in [1.82, 2.24) is 0 Å². The number of benzene rings is 1. The lowest BCUT2D eigenvalue weighted by molar-refractivity contribution is -0.146. The molecule has 0 bridgehead atoms. The topological polar surface area (TPSA) is 57.6 Å². The van der Waals surface area contributed by atoms with E-state index in [0.29, 0.717) is 25.1 Å². The Morgan fingerprint density at radius 1 is 1.19 bits per heavy atom. The third-order valence-electron chi connectivity index (χ3n) is 3.79. The number of allylic oxidation sites excluding steroid dienone is 2. The molecule has 1 aliphatic carbocycles. The standard InChI is InChI=1S/C16H18FNO3/c1-2-18(12-9-7-11(17)8-10-12)15(19)13-5-3-4-6-14(13)16(20)21/h3-4,7-10,13-14H,2,5-6H2,1H3,(H,20,21)/t13-,14+/m1/s1. The summed E-state index contributed by atoms with van der Waals surface area (Å²) in [5, 5.41) is 9.26. The van der Waals surface area contributed by atoms with Gasteiger partial charge in [-0.2, -0.15) is 0 Å². The van der Waals surface area contributed by atoms with Crippen LogP contribution in [0.5, 0.6) is 0 Å². The molecule has 0 unspecified atom stereocenters. The lowest BCUT2D eigenvalue weighted by Crippen LogP contribution is -2.42. The minimum atomic E-state index is -0.951. The van der Waals surface area contributed by atoms with Gasteiger partial charge in [-0.25, -0.2) is 4.39 Å². The second-order valence-corrected chi connectivity index (χ2v) is 5.05. The Hall–Kier alpha value is -2.17. The van der Waals surface area contributed by atoms with Gasteiger partial charge in [0.15, 0.2) is 0 Å². The number of carbonyl (C=O) groups is 2. The van der Waals surface area contributed by atoms with Crippen molar-refractivity contribution in [2.75, 3.05) is 11.4 Å². The van der Waals surface area contributed by atoms with Crippen LogP contribution in [0.1, 0.15) is 19.8 Å². The van der Waals surface area contributed by atoms with Crippen LogP contribution in [-0.4, -0.2) is 23.5 Å². The van der Waals surface area contributed by atoms with Crippen LogP contribution in [0.3, 0.4) is 0 Å². The van der Waals surface area contributed by atoms with Crippen LogP contribution in [0, 0.1) is 17.7 Å². The molecule has 0 radical (unpaired) electrons. The lowest BCUT2D eigenvalue weighted by atomic mass is 9.82. The van der Waals surface area contributed by atoms with Crippen LogP contribution in [0.2, 0.25) is 0 Å². The Morgan fingerprint density at radius 3 is 2.29 bits per heavy atom. The van der Waals surface area contributed by atoms with Gasteiger partial charge in [0.25, 0.3) is 0 Å². The summed E-state index contributed by atoms with van der Waals surface area (Å²) < 4.78 is 13.0. The summed E-state index contributed by atoms with van der Waals surface area (Å²) in [5.74, 6) is -2.81.